The molecule has 0 fully saturated rings. The van der Waals surface area contributed by atoms with Crippen LogP contribution in [0, 0.1) is 10.1 Å². The number of non-ortho nitro benzene ring substituents is 1. The van der Waals surface area contributed by atoms with E-state index in [1.54, 1.807) is 25.1 Å². The molecule has 10 nitrogen and oxygen atoms in total. The summed E-state index contributed by atoms with van der Waals surface area (Å²) >= 11 is 0. The Balaban J connectivity index is 1.76. The first kappa shape index (κ1) is 20.4. The summed E-state index contributed by atoms with van der Waals surface area (Å²) in [6.07, 6.45) is 0. The van der Waals surface area contributed by atoms with Crippen molar-refractivity contribution in [2.24, 2.45) is 0 Å². The molecular weight excluding hydrogens is 392 g/mol. The number of aromatic nitrogens is 1. The Morgan fingerprint density at radius 1 is 1.00 bits per heavy atom. The Hall–Kier alpha value is -4.34. The van der Waals surface area contributed by atoms with Crippen molar-refractivity contribution in [1.82, 2.24) is 15.8 Å². The fourth-order valence-electron chi connectivity index (χ4n) is 2.62. The van der Waals surface area contributed by atoms with Crippen molar-refractivity contribution in [2.45, 2.75) is 6.92 Å². The maximum absolute atomic E-state index is 12.4. The highest BCUT2D eigenvalue weighted by molar-refractivity contribution is 6.01. The number of amides is 2. The van der Waals surface area contributed by atoms with Crippen molar-refractivity contribution >= 4 is 34.4 Å². The number of rotatable bonds is 5. The molecule has 3 rings (SSSR count). The number of ether oxygens (including phenoxy) is 1. The lowest BCUT2D eigenvalue weighted by atomic mass is 10.1. The summed E-state index contributed by atoms with van der Waals surface area (Å²) in [6, 6.07) is 13.5. The van der Waals surface area contributed by atoms with Crippen LogP contribution in [0.15, 0.2) is 54.6 Å². The average Bonchev–Trinajstić information content (AvgIpc) is 2.76. The van der Waals surface area contributed by atoms with Crippen molar-refractivity contribution in [3.8, 4) is 0 Å². The molecule has 0 aliphatic heterocycles. The SMILES string of the molecule is CCOC(=O)c1cc(C(=O)NNC(=O)c2ccc3ccccc3n2)cc([N+](=O)[O-])c1. The van der Waals surface area contributed by atoms with Gasteiger partial charge in [0.2, 0.25) is 0 Å². The molecule has 0 atom stereocenters. The molecule has 152 valence electrons. The van der Waals surface area contributed by atoms with E-state index < -0.39 is 28.4 Å². The second kappa shape index (κ2) is 8.78. The first-order chi connectivity index (χ1) is 14.4. The first-order valence-corrected chi connectivity index (χ1v) is 8.82. The third-order valence-electron chi connectivity index (χ3n) is 4.02. The van der Waals surface area contributed by atoms with Gasteiger partial charge < -0.3 is 4.74 Å². The lowest BCUT2D eigenvalue weighted by molar-refractivity contribution is -0.384. The quantitative estimate of drug-likeness (QED) is 0.375. The van der Waals surface area contributed by atoms with Gasteiger partial charge in [0.05, 0.1) is 22.6 Å². The van der Waals surface area contributed by atoms with Crippen molar-refractivity contribution in [1.29, 1.82) is 0 Å². The molecule has 2 N–H and O–H groups in total. The Morgan fingerprint density at radius 3 is 2.43 bits per heavy atom. The van der Waals surface area contributed by atoms with E-state index >= 15 is 0 Å². The summed E-state index contributed by atoms with van der Waals surface area (Å²) in [5.74, 6) is -2.33. The summed E-state index contributed by atoms with van der Waals surface area (Å²) in [4.78, 5) is 51.1. The molecule has 3 aromatic rings. The van der Waals surface area contributed by atoms with Gasteiger partial charge in [0.25, 0.3) is 17.5 Å². The third kappa shape index (κ3) is 4.55. The minimum Gasteiger partial charge on any atom is -0.462 e. The topological polar surface area (TPSA) is 141 Å². The summed E-state index contributed by atoms with van der Waals surface area (Å²) in [5, 5.41) is 12.0. The number of nitro benzene ring substituents is 1. The molecule has 0 saturated heterocycles. The first-order valence-electron chi connectivity index (χ1n) is 8.82. The van der Waals surface area contributed by atoms with Crippen molar-refractivity contribution in [3.05, 3.63) is 81.5 Å². The van der Waals surface area contributed by atoms with Crippen LogP contribution in [0.3, 0.4) is 0 Å². The minimum atomic E-state index is -0.849. The maximum Gasteiger partial charge on any atom is 0.338 e. The average molecular weight is 408 g/mol. The van der Waals surface area contributed by atoms with Crippen molar-refractivity contribution < 1.29 is 24.0 Å². The van der Waals surface area contributed by atoms with E-state index in [1.807, 2.05) is 12.1 Å². The van der Waals surface area contributed by atoms with Gasteiger partial charge in [0, 0.05) is 23.1 Å². The number of nitrogens with one attached hydrogen (secondary N) is 2. The molecule has 10 heteroatoms. The Bertz CT molecular complexity index is 1160. The zero-order valence-electron chi connectivity index (χ0n) is 15.7. The number of hydrogen-bond donors (Lipinski definition) is 2. The second-order valence-electron chi connectivity index (χ2n) is 6.04. The molecule has 2 aromatic carbocycles. The van der Waals surface area contributed by atoms with Crippen LogP contribution in [0.2, 0.25) is 0 Å². The molecule has 0 unspecified atom stereocenters. The summed E-state index contributed by atoms with van der Waals surface area (Å²) in [5.41, 5.74) is 4.22. The zero-order valence-corrected chi connectivity index (χ0v) is 15.7. The van der Waals surface area contributed by atoms with E-state index in [4.69, 9.17) is 4.74 Å². The normalized spacial score (nSPS) is 10.3. The standard InChI is InChI=1S/C20H16N4O6/c1-2-30-20(27)14-9-13(10-15(11-14)24(28)29)18(25)22-23-19(26)17-8-7-12-5-3-4-6-16(12)21-17/h3-11H,2H2,1H3,(H,22,25)(H,23,26). The van der Waals surface area contributed by atoms with Gasteiger partial charge >= 0.3 is 5.97 Å². The number of para-hydroxylation sites is 1. The van der Waals surface area contributed by atoms with Crippen LogP contribution in [0.25, 0.3) is 10.9 Å². The smallest absolute Gasteiger partial charge is 0.338 e. The van der Waals surface area contributed by atoms with Gasteiger partial charge in [-0.05, 0) is 25.1 Å². The van der Waals surface area contributed by atoms with Crippen LogP contribution in [0.4, 0.5) is 5.69 Å². The third-order valence-corrected chi connectivity index (χ3v) is 4.02. The maximum atomic E-state index is 12.4. The fraction of sp³-hybridized carbons (Fsp3) is 0.100. The van der Waals surface area contributed by atoms with Gasteiger partial charge in [-0.1, -0.05) is 24.3 Å². The van der Waals surface area contributed by atoms with E-state index in [-0.39, 0.29) is 23.4 Å². The predicted molar refractivity (Wildman–Crippen MR) is 106 cm³/mol. The van der Waals surface area contributed by atoms with Gasteiger partial charge in [-0.15, -0.1) is 0 Å². The highest BCUT2D eigenvalue weighted by atomic mass is 16.6. The molecule has 0 aliphatic carbocycles. The zero-order chi connectivity index (χ0) is 21.7. The van der Waals surface area contributed by atoms with Crippen molar-refractivity contribution in [2.75, 3.05) is 6.61 Å². The number of carbonyl (C=O) groups excluding carboxylic acids is 3. The summed E-state index contributed by atoms with van der Waals surface area (Å²) in [7, 11) is 0. The molecular formula is C20H16N4O6. The largest absolute Gasteiger partial charge is 0.462 e. The van der Waals surface area contributed by atoms with Crippen LogP contribution in [-0.2, 0) is 4.74 Å². The number of carbonyl (C=O) groups is 3. The predicted octanol–water partition coefficient (Wildman–Crippen LogP) is 2.39. The van der Waals surface area contributed by atoms with E-state index in [0.717, 1.165) is 23.6 Å². The fourth-order valence-corrected chi connectivity index (χ4v) is 2.62. The van der Waals surface area contributed by atoms with E-state index in [9.17, 15) is 24.5 Å². The second-order valence-corrected chi connectivity index (χ2v) is 6.04. The van der Waals surface area contributed by atoms with Crippen LogP contribution >= 0.6 is 0 Å². The molecule has 0 aliphatic rings. The number of benzene rings is 2. The number of hydrazine groups is 1. The number of hydrogen-bond acceptors (Lipinski definition) is 7. The van der Waals surface area contributed by atoms with Gasteiger partial charge in [0.15, 0.2) is 0 Å². The molecule has 2 amide bonds. The van der Waals surface area contributed by atoms with Gasteiger partial charge in [-0.3, -0.25) is 30.6 Å². The lowest BCUT2D eigenvalue weighted by Crippen LogP contribution is -2.42. The summed E-state index contributed by atoms with van der Waals surface area (Å²) in [6.45, 7) is 1.65. The van der Waals surface area contributed by atoms with Crippen molar-refractivity contribution in [3.63, 3.8) is 0 Å². The van der Waals surface area contributed by atoms with Crippen LogP contribution in [0.1, 0.15) is 38.1 Å². The molecule has 0 bridgehead atoms. The Morgan fingerprint density at radius 2 is 1.70 bits per heavy atom. The number of nitro groups is 1. The summed E-state index contributed by atoms with van der Waals surface area (Å²) < 4.78 is 4.82. The lowest BCUT2D eigenvalue weighted by Gasteiger charge is -2.09. The van der Waals surface area contributed by atoms with E-state index in [1.165, 1.54) is 6.07 Å². The molecule has 0 saturated carbocycles. The highest BCUT2D eigenvalue weighted by Gasteiger charge is 2.19. The minimum absolute atomic E-state index is 0.0673. The molecule has 1 heterocycles. The van der Waals surface area contributed by atoms with Crippen LogP contribution in [-0.4, -0.2) is 34.3 Å². The number of fused-ring (bicyclic) bond motifs is 1. The van der Waals surface area contributed by atoms with E-state index in [2.05, 4.69) is 15.8 Å². The number of pyridine rings is 1. The molecule has 30 heavy (non-hydrogen) atoms. The Kier molecular flexibility index (Phi) is 5.97. The highest BCUT2D eigenvalue weighted by Crippen LogP contribution is 2.18. The van der Waals surface area contributed by atoms with Gasteiger partial charge in [-0.2, -0.15) is 0 Å². The van der Waals surface area contributed by atoms with E-state index in [0.29, 0.717) is 5.52 Å². The molecule has 0 radical (unpaired) electrons. The molecule has 1 aromatic heterocycles. The van der Waals surface area contributed by atoms with Gasteiger partial charge in [-0.25, -0.2) is 9.78 Å². The Labute approximate surface area is 170 Å². The number of nitrogens with zero attached hydrogens (tertiary/aromatic N) is 2. The number of esters is 1. The van der Waals surface area contributed by atoms with Crippen LogP contribution < -0.4 is 10.9 Å². The van der Waals surface area contributed by atoms with Gasteiger partial charge in [0.1, 0.15) is 5.69 Å². The monoisotopic (exact) mass is 408 g/mol. The van der Waals surface area contributed by atoms with Crippen LogP contribution in [0.5, 0.6) is 0 Å². The molecule has 0 spiro atoms.